The van der Waals surface area contributed by atoms with Gasteiger partial charge >= 0.3 is 12.4 Å². The molecule has 0 amide bonds. The molecule has 0 saturated carbocycles. The molecule has 3 nitrogen and oxygen atoms in total. The number of pyridine rings is 1. The molecule has 5 rings (SSSR count). The summed E-state index contributed by atoms with van der Waals surface area (Å²) in [4.78, 5) is 14.6. The van der Waals surface area contributed by atoms with E-state index < -0.39 is 30.0 Å². The van der Waals surface area contributed by atoms with Gasteiger partial charge in [0, 0.05) is 49.1 Å². The van der Waals surface area contributed by atoms with Gasteiger partial charge in [-0.3, -0.25) is 9.78 Å². The Morgan fingerprint density at radius 1 is 0.872 bits per heavy atom. The fourth-order valence-corrected chi connectivity index (χ4v) is 4.30. The first-order valence-electron chi connectivity index (χ1n) is 11.3. The number of nitrogens with zero attached hydrogens (tertiary/aromatic N) is 1. The van der Waals surface area contributed by atoms with Gasteiger partial charge in [-0.05, 0) is 16.7 Å². The van der Waals surface area contributed by atoms with Crippen molar-refractivity contribution in [3.63, 3.8) is 0 Å². The number of rotatable bonds is 2. The minimum Gasteiger partial charge on any atom is -0.504 e. The van der Waals surface area contributed by atoms with Crippen molar-refractivity contribution < 1.29 is 56.3 Å². The number of carbonyl (C=O) groups excluding carboxylic acids is 1. The SMILES string of the molecule is CC1(C)c2ccccc2-c2cnc(-c3[c-]c4ccccc4cc3)cc21.O=C(/C=C(\O)C(F)(F)F)C(F)(F)F.[Ir]. The number of halogens is 6. The topological polar surface area (TPSA) is 50.2 Å². The van der Waals surface area contributed by atoms with Gasteiger partial charge in [0.25, 0.3) is 5.78 Å². The minimum atomic E-state index is -5.42. The molecule has 0 fully saturated rings. The average molecular weight is 721 g/mol. The van der Waals surface area contributed by atoms with Crippen molar-refractivity contribution >= 4 is 16.6 Å². The Kier molecular flexibility index (Phi) is 8.43. The maximum Gasteiger partial charge on any atom is 0.454 e. The zero-order chi connectivity index (χ0) is 27.9. The molecule has 1 N–H and O–H groups in total. The minimum absolute atomic E-state index is 0. The van der Waals surface area contributed by atoms with Gasteiger partial charge in [-0.2, -0.15) is 26.3 Å². The summed E-state index contributed by atoms with van der Waals surface area (Å²) in [6.07, 6.45) is -9.65. The van der Waals surface area contributed by atoms with Gasteiger partial charge in [0.15, 0.2) is 0 Å². The molecule has 205 valence electrons. The molecule has 0 unspecified atom stereocenters. The Bertz CT molecular complexity index is 1560. The number of carbonyl (C=O) groups is 1. The second-order valence-electron chi connectivity index (χ2n) is 9.13. The number of hydrogen-bond acceptors (Lipinski definition) is 3. The van der Waals surface area contributed by atoms with Crippen LogP contribution >= 0.6 is 0 Å². The van der Waals surface area contributed by atoms with E-state index in [1.165, 1.54) is 27.6 Å². The summed E-state index contributed by atoms with van der Waals surface area (Å²) in [7, 11) is 0. The number of alkyl halides is 6. The van der Waals surface area contributed by atoms with Gasteiger partial charge in [0.2, 0.25) is 5.76 Å². The zero-order valence-corrected chi connectivity index (χ0v) is 22.8. The molecule has 1 aliphatic carbocycles. The Morgan fingerprint density at radius 2 is 1.51 bits per heavy atom. The number of fused-ring (bicyclic) bond motifs is 4. The molecular formula is C29H20F6IrNO2-. The first-order valence-corrected chi connectivity index (χ1v) is 11.3. The predicted molar refractivity (Wildman–Crippen MR) is 131 cm³/mol. The van der Waals surface area contributed by atoms with Crippen LogP contribution in [0.4, 0.5) is 26.3 Å². The molecule has 0 spiro atoms. The number of aromatic nitrogens is 1. The Hall–Kier alpha value is -3.49. The monoisotopic (exact) mass is 721 g/mol. The first kappa shape index (κ1) is 30.1. The average Bonchev–Trinajstić information content (AvgIpc) is 3.09. The van der Waals surface area contributed by atoms with Crippen LogP contribution in [0.15, 0.2) is 84.8 Å². The van der Waals surface area contributed by atoms with Crippen LogP contribution in [0.2, 0.25) is 0 Å². The van der Waals surface area contributed by atoms with E-state index in [0.717, 1.165) is 16.6 Å². The third-order valence-corrected chi connectivity index (χ3v) is 6.24. The fourth-order valence-electron chi connectivity index (χ4n) is 4.30. The smallest absolute Gasteiger partial charge is 0.454 e. The van der Waals surface area contributed by atoms with E-state index in [-0.39, 0.29) is 25.5 Å². The second kappa shape index (κ2) is 10.9. The van der Waals surface area contributed by atoms with E-state index in [1.54, 1.807) is 0 Å². The van der Waals surface area contributed by atoms with Crippen molar-refractivity contribution in [1.82, 2.24) is 4.98 Å². The quantitative estimate of drug-likeness (QED) is 0.0986. The molecule has 0 saturated heterocycles. The third-order valence-electron chi connectivity index (χ3n) is 6.24. The Balaban J connectivity index is 0.000000260. The summed E-state index contributed by atoms with van der Waals surface area (Å²) >= 11 is 0. The van der Waals surface area contributed by atoms with Crippen molar-refractivity contribution in [3.05, 3.63) is 102 Å². The summed E-state index contributed by atoms with van der Waals surface area (Å²) in [6, 6.07) is 27.0. The van der Waals surface area contributed by atoms with Crippen LogP contribution in [0.1, 0.15) is 25.0 Å². The molecule has 1 heterocycles. The molecule has 3 aromatic carbocycles. The van der Waals surface area contributed by atoms with Crippen molar-refractivity contribution in [1.29, 1.82) is 0 Å². The molecule has 0 aliphatic heterocycles. The maximum atomic E-state index is 11.4. The summed E-state index contributed by atoms with van der Waals surface area (Å²) in [6.45, 7) is 4.59. The Morgan fingerprint density at radius 3 is 2.18 bits per heavy atom. The largest absolute Gasteiger partial charge is 0.504 e. The van der Waals surface area contributed by atoms with Crippen molar-refractivity contribution in [2.24, 2.45) is 0 Å². The van der Waals surface area contributed by atoms with Crippen molar-refractivity contribution in [2.75, 3.05) is 0 Å². The molecule has 1 aliphatic rings. The normalized spacial score (nSPS) is 14.0. The van der Waals surface area contributed by atoms with Crippen molar-refractivity contribution in [2.45, 2.75) is 31.6 Å². The van der Waals surface area contributed by atoms with Crippen LogP contribution in [0.25, 0.3) is 33.2 Å². The summed E-state index contributed by atoms with van der Waals surface area (Å²) in [5.41, 5.74) is 7.33. The van der Waals surface area contributed by atoms with E-state index >= 15 is 0 Å². The number of aliphatic hydroxyl groups is 1. The third kappa shape index (κ3) is 6.23. The van der Waals surface area contributed by atoms with Crippen LogP contribution in [0.3, 0.4) is 0 Å². The van der Waals surface area contributed by atoms with E-state index in [1.807, 2.05) is 6.20 Å². The molecule has 4 aromatic rings. The van der Waals surface area contributed by atoms with Gasteiger partial charge in [-0.15, -0.1) is 29.7 Å². The van der Waals surface area contributed by atoms with E-state index in [2.05, 4.69) is 86.6 Å². The number of ketones is 1. The van der Waals surface area contributed by atoms with Gasteiger partial charge in [0.1, 0.15) is 0 Å². The zero-order valence-electron chi connectivity index (χ0n) is 20.4. The molecular weight excluding hydrogens is 701 g/mol. The molecule has 0 bridgehead atoms. The second-order valence-corrected chi connectivity index (χ2v) is 9.13. The van der Waals surface area contributed by atoms with Gasteiger partial charge in [-0.25, -0.2) is 0 Å². The Labute approximate surface area is 233 Å². The van der Waals surface area contributed by atoms with Crippen LogP contribution < -0.4 is 0 Å². The predicted octanol–water partition coefficient (Wildman–Crippen LogP) is 8.13. The van der Waals surface area contributed by atoms with Crippen LogP contribution in [-0.4, -0.2) is 28.2 Å². The number of benzene rings is 3. The summed E-state index contributed by atoms with van der Waals surface area (Å²) in [5.74, 6) is -5.34. The van der Waals surface area contributed by atoms with Crippen LogP contribution in [0.5, 0.6) is 0 Å². The van der Waals surface area contributed by atoms with E-state index in [9.17, 15) is 31.1 Å². The maximum absolute atomic E-state index is 11.4. The summed E-state index contributed by atoms with van der Waals surface area (Å²) in [5, 5.41) is 10.3. The fraction of sp³-hybridized carbons (Fsp3) is 0.172. The summed E-state index contributed by atoms with van der Waals surface area (Å²) < 4.78 is 68.1. The van der Waals surface area contributed by atoms with E-state index in [0.29, 0.717) is 0 Å². The van der Waals surface area contributed by atoms with Gasteiger partial charge in [-0.1, -0.05) is 73.3 Å². The molecule has 0 atom stereocenters. The first-order chi connectivity index (χ1) is 17.7. The van der Waals surface area contributed by atoms with Gasteiger partial charge in [0.05, 0.1) is 0 Å². The number of hydrogen-bond donors (Lipinski definition) is 1. The standard InChI is InChI=1S/C24H18N.C5H2F6O2.Ir/c1-24(2)21-10-6-5-9-19(21)20-15-25-23(14-22(20)24)18-12-11-16-7-3-4-8-17(16)13-18;6-4(7,8)2(12)1-3(13)5(9,10)11;/h3-12,14-15H,1-2H3;1,12H;/q-1;;/b;2-1-;. The number of allylic oxidation sites excluding steroid dienone is 2. The van der Waals surface area contributed by atoms with E-state index in [4.69, 9.17) is 10.1 Å². The molecule has 10 heteroatoms. The molecule has 1 radical (unpaired) electrons. The van der Waals surface area contributed by atoms with Gasteiger partial charge < -0.3 is 5.11 Å². The van der Waals surface area contributed by atoms with Crippen molar-refractivity contribution in [3.8, 4) is 22.4 Å². The van der Waals surface area contributed by atoms with Crippen LogP contribution in [-0.2, 0) is 30.3 Å². The van der Waals surface area contributed by atoms with Crippen LogP contribution in [0, 0.1) is 6.07 Å². The molecule has 39 heavy (non-hydrogen) atoms. The molecule has 1 aromatic heterocycles. The number of aliphatic hydroxyl groups excluding tert-OH is 1.